The molecule has 0 radical (unpaired) electrons. The summed E-state index contributed by atoms with van der Waals surface area (Å²) in [6, 6.07) is 31.1. The summed E-state index contributed by atoms with van der Waals surface area (Å²) in [7, 11) is 0. The summed E-state index contributed by atoms with van der Waals surface area (Å²) in [5, 5.41) is 0. The van der Waals surface area contributed by atoms with Crippen LogP contribution in [-0.4, -0.2) is 5.43 Å². The Labute approximate surface area is 299 Å². The van der Waals surface area contributed by atoms with Crippen LogP contribution in [0.15, 0.2) is 121 Å². The Bertz CT molecular complexity index is 1590. The molecule has 45 heavy (non-hydrogen) atoms. The first-order valence-electron chi connectivity index (χ1n) is 15.9. The molecule has 4 aromatic rings. The molecular formula is C41H44Cl2SiZr-2. The topological polar surface area (TPSA) is 0 Å². The molecule has 3 aliphatic carbocycles. The fourth-order valence-electron chi connectivity index (χ4n) is 6.54. The minimum absolute atomic E-state index is 0. The van der Waals surface area contributed by atoms with Gasteiger partial charge in [-0.2, -0.15) is 34.4 Å². The van der Waals surface area contributed by atoms with Crippen LogP contribution in [0.1, 0.15) is 94.4 Å². The van der Waals surface area contributed by atoms with Gasteiger partial charge in [-0.1, -0.05) is 111 Å². The number of rotatable bonds is 3. The quantitative estimate of drug-likeness (QED) is 0.197. The minimum Gasteiger partial charge on any atom is -1.00 e. The predicted molar refractivity (Wildman–Crippen MR) is 185 cm³/mol. The van der Waals surface area contributed by atoms with E-state index < -0.39 is 0 Å². The van der Waals surface area contributed by atoms with Crippen LogP contribution < -0.4 is 24.8 Å². The average molecular weight is 727 g/mol. The number of benzene rings is 2. The van der Waals surface area contributed by atoms with Gasteiger partial charge in [0.2, 0.25) is 0 Å². The number of halogens is 2. The van der Waals surface area contributed by atoms with Crippen molar-refractivity contribution in [2.24, 2.45) is 0 Å². The van der Waals surface area contributed by atoms with Gasteiger partial charge in [0.1, 0.15) is 0 Å². The molecule has 4 heteroatoms. The van der Waals surface area contributed by atoms with Crippen molar-refractivity contribution in [1.82, 2.24) is 0 Å². The van der Waals surface area contributed by atoms with Crippen molar-refractivity contribution in [2.45, 2.75) is 69.9 Å². The first kappa shape index (κ1) is 37.2. The molecule has 0 N–H and O–H groups in total. The molecule has 2 atom stereocenters. The molecule has 0 aliphatic heterocycles. The summed E-state index contributed by atoms with van der Waals surface area (Å²) < 4.78 is 0. The van der Waals surface area contributed by atoms with Gasteiger partial charge in [0.05, 0.1) is 0 Å². The van der Waals surface area contributed by atoms with Gasteiger partial charge in [0.25, 0.3) is 0 Å². The van der Waals surface area contributed by atoms with Crippen LogP contribution >= 0.6 is 0 Å². The van der Waals surface area contributed by atoms with Crippen molar-refractivity contribution in [3.8, 4) is 0 Å². The van der Waals surface area contributed by atoms with Gasteiger partial charge in [0, 0.05) is 0 Å². The van der Waals surface area contributed by atoms with Crippen molar-refractivity contribution in [3.63, 3.8) is 0 Å². The van der Waals surface area contributed by atoms with Gasteiger partial charge >= 0.3 is 41.9 Å². The molecule has 0 nitrogen and oxygen atoms in total. The second-order valence-electron chi connectivity index (χ2n) is 12.2. The molecular weight excluding hydrogens is 683 g/mol. The van der Waals surface area contributed by atoms with E-state index in [0.717, 1.165) is 5.92 Å². The zero-order chi connectivity index (χ0) is 30.0. The molecule has 0 saturated heterocycles. The third-order valence-electron chi connectivity index (χ3n) is 8.52. The molecule has 1 fully saturated rings. The maximum absolute atomic E-state index is 2.49. The molecule has 0 amide bonds. The van der Waals surface area contributed by atoms with E-state index in [9.17, 15) is 0 Å². The largest absolute Gasteiger partial charge is 1.00 e. The first-order valence-corrected chi connectivity index (χ1v) is 22.1. The van der Waals surface area contributed by atoms with Crippen molar-refractivity contribution in [3.05, 3.63) is 166 Å². The Kier molecular flexibility index (Phi) is 15.6. The molecule has 0 bridgehead atoms. The first-order chi connectivity index (χ1) is 21.0. The standard InChI is InChI=1S/C22H23.C17H15.C2H6Si.2ClH.Zr/c1-3-9-17(10-4-1)20-15-19-13-7-8-14-21(22(19)16-20)18-11-5-2-6-12-18;1-13-11-15-9-5-6-10-16(17(15)12-13)14-7-3-2-4-8-14;1-3-2;;;/h2,5-8,11-17,21H,1,3-4,9-10H2;2-12,16H,1H3;1-2H3;2*1H;/q2*-1;;;;+2/p-2. The number of hydrogen-bond acceptors (Lipinski definition) is 0. The van der Waals surface area contributed by atoms with E-state index in [1.54, 1.807) is 28.9 Å². The molecule has 2 unspecified atom stereocenters. The SMILES string of the molecule is C1=Cc2[cH-]c(C3CCCCC3)cc2C(c2ccccc2)C=C1.C[Si](C)=[Zr+2].Cc1cc2c([cH-]1)C=CC=CC2c1ccccc1.[Cl-].[Cl-]. The number of hydrogen-bond donors (Lipinski definition) is 0. The van der Waals surface area contributed by atoms with E-state index in [-0.39, 0.29) is 30.2 Å². The van der Waals surface area contributed by atoms with Crippen LogP contribution in [0, 0.1) is 6.92 Å². The second kappa shape index (κ2) is 18.8. The molecule has 0 aromatic heterocycles. The van der Waals surface area contributed by atoms with Gasteiger partial charge < -0.3 is 24.8 Å². The maximum atomic E-state index is 2.49. The predicted octanol–water partition coefficient (Wildman–Crippen LogP) is 5.39. The minimum atomic E-state index is 0. The third-order valence-corrected chi connectivity index (χ3v) is 8.52. The molecule has 0 spiro atoms. The Morgan fingerprint density at radius 1 is 0.644 bits per heavy atom. The molecule has 0 heterocycles. The van der Waals surface area contributed by atoms with Gasteiger partial charge in [-0.05, 0) is 41.7 Å². The van der Waals surface area contributed by atoms with Crippen LogP contribution in [0.3, 0.4) is 0 Å². The van der Waals surface area contributed by atoms with E-state index in [2.05, 4.69) is 154 Å². The molecule has 4 aromatic carbocycles. The summed E-state index contributed by atoms with van der Waals surface area (Å²) >= 11 is 1.74. The Morgan fingerprint density at radius 3 is 1.62 bits per heavy atom. The smallest absolute Gasteiger partial charge is 0.0144 e. The van der Waals surface area contributed by atoms with Crippen molar-refractivity contribution in [1.29, 1.82) is 0 Å². The van der Waals surface area contributed by atoms with E-state index in [0.29, 0.717) is 11.8 Å². The van der Waals surface area contributed by atoms with E-state index in [1.165, 1.54) is 71.0 Å². The van der Waals surface area contributed by atoms with Crippen LogP contribution in [0.5, 0.6) is 0 Å². The summed E-state index contributed by atoms with van der Waals surface area (Å²) in [6.07, 6.45) is 24.7. The molecule has 1 saturated carbocycles. The Hall–Kier alpha value is -2.22. The fourth-order valence-corrected chi connectivity index (χ4v) is 6.54. The average Bonchev–Trinajstić information content (AvgIpc) is 3.48. The summed E-state index contributed by atoms with van der Waals surface area (Å²) in [5.74, 6) is 1.56. The van der Waals surface area contributed by atoms with Gasteiger partial charge in [-0.25, -0.2) is 0 Å². The number of allylic oxidation sites excluding steroid dienone is 6. The zero-order valence-corrected chi connectivity index (χ0v) is 31.7. The van der Waals surface area contributed by atoms with Crippen LogP contribution in [0.2, 0.25) is 13.1 Å². The maximum Gasteiger partial charge on any atom is -0.0144 e. The van der Waals surface area contributed by atoms with Gasteiger partial charge in [-0.15, -0.1) is 47.6 Å². The van der Waals surface area contributed by atoms with Crippen LogP contribution in [0.25, 0.3) is 12.2 Å². The summed E-state index contributed by atoms with van der Waals surface area (Å²) in [5.41, 5.74) is 11.5. The van der Waals surface area contributed by atoms with Gasteiger partial charge in [-0.3, -0.25) is 0 Å². The summed E-state index contributed by atoms with van der Waals surface area (Å²) in [6.45, 7) is 6.78. The van der Waals surface area contributed by atoms with Crippen LogP contribution in [-0.2, 0) is 23.3 Å². The van der Waals surface area contributed by atoms with Crippen molar-refractivity contribution in [2.75, 3.05) is 0 Å². The summed E-state index contributed by atoms with van der Waals surface area (Å²) in [4.78, 5) is 0. The van der Waals surface area contributed by atoms with Crippen molar-refractivity contribution >= 4 is 17.6 Å². The van der Waals surface area contributed by atoms with Gasteiger partial charge in [0.15, 0.2) is 0 Å². The monoisotopic (exact) mass is 724 g/mol. The van der Waals surface area contributed by atoms with E-state index in [1.807, 2.05) is 0 Å². The second-order valence-corrected chi connectivity index (χ2v) is 21.6. The van der Waals surface area contributed by atoms with Crippen LogP contribution in [0.4, 0.5) is 0 Å². The fraction of sp³-hybridized carbons (Fsp3) is 0.268. The molecule has 7 rings (SSSR count). The van der Waals surface area contributed by atoms with Crippen molar-refractivity contribution < 1.29 is 48.1 Å². The normalized spacial score (nSPS) is 17.9. The third kappa shape index (κ3) is 10.4. The number of fused-ring (bicyclic) bond motifs is 2. The zero-order valence-electron chi connectivity index (χ0n) is 26.7. The molecule has 232 valence electrons. The van der Waals surface area contributed by atoms with E-state index in [4.69, 9.17) is 0 Å². The Morgan fingerprint density at radius 2 is 1.11 bits per heavy atom. The van der Waals surface area contributed by atoms with E-state index >= 15 is 0 Å². The number of aryl methyl sites for hydroxylation is 1. The molecule has 3 aliphatic rings. The Balaban J connectivity index is 0.000000216.